The van der Waals surface area contributed by atoms with Crippen LogP contribution in [0.4, 0.5) is 0 Å². The molecule has 2 aromatic rings. The van der Waals surface area contributed by atoms with E-state index in [1.807, 2.05) is 36.9 Å². The Hall–Kier alpha value is -2.21. The molecule has 0 bridgehead atoms. The van der Waals surface area contributed by atoms with E-state index in [-0.39, 0.29) is 12.0 Å². The normalized spacial score (nSPS) is 15.6. The van der Waals surface area contributed by atoms with E-state index < -0.39 is 0 Å². The Bertz CT molecular complexity index is 716. The number of aryl methyl sites for hydroxylation is 2. The van der Waals surface area contributed by atoms with Crippen molar-refractivity contribution in [2.24, 2.45) is 0 Å². The molecule has 0 aliphatic carbocycles. The van der Waals surface area contributed by atoms with E-state index in [0.717, 1.165) is 56.2 Å². The summed E-state index contributed by atoms with van der Waals surface area (Å²) in [5.74, 6) is 0.773. The van der Waals surface area contributed by atoms with Gasteiger partial charge in [-0.15, -0.1) is 0 Å². The van der Waals surface area contributed by atoms with Crippen molar-refractivity contribution in [1.82, 2.24) is 19.7 Å². The second-order valence-corrected chi connectivity index (χ2v) is 6.61. The van der Waals surface area contributed by atoms with Crippen LogP contribution in [0.15, 0.2) is 24.4 Å². The van der Waals surface area contributed by atoms with Gasteiger partial charge in [0.15, 0.2) is 5.82 Å². The number of ether oxygens (including phenoxy) is 1. The smallest absolute Gasteiger partial charge is 0.255 e. The van der Waals surface area contributed by atoms with Gasteiger partial charge in [-0.2, -0.15) is 5.10 Å². The van der Waals surface area contributed by atoms with Crippen LogP contribution in [-0.2, 0) is 4.74 Å². The minimum atomic E-state index is 0.0429. The van der Waals surface area contributed by atoms with E-state index in [9.17, 15) is 4.79 Å². The lowest BCUT2D eigenvalue weighted by molar-refractivity contribution is 0.00900. The highest BCUT2D eigenvalue weighted by molar-refractivity contribution is 5.94. The molecular formula is C19H26N4O2. The summed E-state index contributed by atoms with van der Waals surface area (Å²) in [4.78, 5) is 19.0. The van der Waals surface area contributed by atoms with Crippen molar-refractivity contribution in [3.8, 4) is 5.82 Å². The van der Waals surface area contributed by atoms with E-state index in [4.69, 9.17) is 4.74 Å². The average molecular weight is 342 g/mol. The lowest BCUT2D eigenvalue weighted by atomic mass is 10.1. The Labute approximate surface area is 148 Å². The summed E-state index contributed by atoms with van der Waals surface area (Å²) in [5, 5.41) is 4.42. The fraction of sp³-hybridized carbons (Fsp3) is 0.526. The summed E-state index contributed by atoms with van der Waals surface area (Å²) in [6, 6.07) is 5.69. The van der Waals surface area contributed by atoms with Crippen molar-refractivity contribution in [3.05, 3.63) is 41.3 Å². The number of hydrogen-bond donors (Lipinski definition) is 0. The zero-order valence-corrected chi connectivity index (χ0v) is 15.2. The molecule has 1 amide bonds. The van der Waals surface area contributed by atoms with E-state index in [1.54, 1.807) is 10.9 Å². The fourth-order valence-corrected chi connectivity index (χ4v) is 3.19. The monoisotopic (exact) mass is 342 g/mol. The number of piperidine rings is 1. The van der Waals surface area contributed by atoms with E-state index in [0.29, 0.717) is 5.56 Å². The second kappa shape index (κ2) is 7.78. The first kappa shape index (κ1) is 17.6. The van der Waals surface area contributed by atoms with Crippen LogP contribution in [0.25, 0.3) is 5.82 Å². The predicted octanol–water partition coefficient (Wildman–Crippen LogP) is 2.92. The third-order valence-corrected chi connectivity index (χ3v) is 4.51. The van der Waals surface area contributed by atoms with Gasteiger partial charge in [-0.3, -0.25) is 4.79 Å². The first-order valence-electron chi connectivity index (χ1n) is 8.99. The maximum absolute atomic E-state index is 12.7. The van der Waals surface area contributed by atoms with Gasteiger partial charge >= 0.3 is 0 Å². The molecule has 0 atom stereocenters. The molecule has 134 valence electrons. The number of amides is 1. The molecule has 1 fully saturated rings. The number of aromatic nitrogens is 3. The molecule has 3 rings (SSSR count). The molecule has 0 radical (unpaired) electrons. The zero-order valence-electron chi connectivity index (χ0n) is 15.2. The standard InChI is InChI=1S/C19H26N4O2/c1-4-11-25-17-7-9-22(10-8-17)19(24)16-5-6-18(20-13-16)23-15(3)12-14(2)21-23/h5-6,12-13,17H,4,7-11H2,1-3H3. The molecule has 0 saturated carbocycles. The number of hydrogen-bond acceptors (Lipinski definition) is 4. The Kier molecular flexibility index (Phi) is 5.48. The lowest BCUT2D eigenvalue weighted by Crippen LogP contribution is -2.41. The van der Waals surface area contributed by atoms with Crippen LogP contribution in [0.3, 0.4) is 0 Å². The van der Waals surface area contributed by atoms with Crippen LogP contribution < -0.4 is 0 Å². The van der Waals surface area contributed by atoms with Gasteiger partial charge in [0.2, 0.25) is 0 Å². The quantitative estimate of drug-likeness (QED) is 0.838. The van der Waals surface area contributed by atoms with Crippen molar-refractivity contribution in [1.29, 1.82) is 0 Å². The fourth-order valence-electron chi connectivity index (χ4n) is 3.19. The molecule has 0 aromatic carbocycles. The number of carbonyl (C=O) groups excluding carboxylic acids is 1. The van der Waals surface area contributed by atoms with Crippen LogP contribution in [0.2, 0.25) is 0 Å². The summed E-state index contributed by atoms with van der Waals surface area (Å²) in [6.07, 6.45) is 4.78. The Balaban J connectivity index is 1.63. The number of carbonyl (C=O) groups is 1. The Morgan fingerprint density at radius 1 is 1.28 bits per heavy atom. The van der Waals surface area contributed by atoms with Gasteiger partial charge in [0, 0.05) is 31.6 Å². The topological polar surface area (TPSA) is 60.2 Å². The lowest BCUT2D eigenvalue weighted by Gasteiger charge is -2.32. The third-order valence-electron chi connectivity index (χ3n) is 4.51. The summed E-state index contributed by atoms with van der Waals surface area (Å²) in [7, 11) is 0. The molecule has 6 nitrogen and oxygen atoms in total. The minimum absolute atomic E-state index is 0.0429. The molecule has 0 N–H and O–H groups in total. The number of nitrogens with zero attached hydrogens (tertiary/aromatic N) is 4. The van der Waals surface area contributed by atoms with Gasteiger partial charge in [0.25, 0.3) is 5.91 Å². The third kappa shape index (κ3) is 4.07. The van der Waals surface area contributed by atoms with Crippen molar-refractivity contribution in [2.75, 3.05) is 19.7 Å². The van der Waals surface area contributed by atoms with Gasteiger partial charge in [0.1, 0.15) is 0 Å². The van der Waals surface area contributed by atoms with E-state index in [2.05, 4.69) is 17.0 Å². The Morgan fingerprint density at radius 3 is 2.60 bits per heavy atom. The van der Waals surface area contributed by atoms with Crippen molar-refractivity contribution in [3.63, 3.8) is 0 Å². The molecule has 1 aliphatic rings. The van der Waals surface area contributed by atoms with Crippen molar-refractivity contribution >= 4 is 5.91 Å². The molecule has 0 spiro atoms. The summed E-state index contributed by atoms with van der Waals surface area (Å²) < 4.78 is 7.58. The molecule has 0 unspecified atom stereocenters. The highest BCUT2D eigenvalue weighted by Crippen LogP contribution is 2.17. The first-order chi connectivity index (χ1) is 12.1. The van der Waals surface area contributed by atoms with E-state index in [1.165, 1.54) is 0 Å². The van der Waals surface area contributed by atoms with Gasteiger partial charge < -0.3 is 9.64 Å². The number of likely N-dealkylation sites (tertiary alicyclic amines) is 1. The predicted molar refractivity (Wildman–Crippen MR) is 96.0 cm³/mol. The van der Waals surface area contributed by atoms with Gasteiger partial charge in [-0.05, 0) is 51.3 Å². The van der Waals surface area contributed by atoms with Crippen LogP contribution in [-0.4, -0.2) is 51.4 Å². The average Bonchev–Trinajstić information content (AvgIpc) is 2.98. The number of pyridine rings is 1. The highest BCUT2D eigenvalue weighted by atomic mass is 16.5. The maximum Gasteiger partial charge on any atom is 0.255 e. The number of rotatable bonds is 5. The molecule has 1 aliphatic heterocycles. The first-order valence-corrected chi connectivity index (χ1v) is 8.99. The van der Waals surface area contributed by atoms with Crippen LogP contribution in [0.5, 0.6) is 0 Å². The Morgan fingerprint density at radius 2 is 2.04 bits per heavy atom. The van der Waals surface area contributed by atoms with Gasteiger partial charge in [0.05, 0.1) is 17.4 Å². The van der Waals surface area contributed by atoms with Crippen LogP contribution in [0, 0.1) is 13.8 Å². The summed E-state index contributed by atoms with van der Waals surface area (Å²) in [5.41, 5.74) is 2.60. The van der Waals surface area contributed by atoms with Gasteiger partial charge in [-0.1, -0.05) is 6.92 Å². The molecular weight excluding hydrogens is 316 g/mol. The van der Waals surface area contributed by atoms with Crippen molar-refractivity contribution in [2.45, 2.75) is 46.1 Å². The second-order valence-electron chi connectivity index (χ2n) is 6.61. The summed E-state index contributed by atoms with van der Waals surface area (Å²) in [6.45, 7) is 8.34. The van der Waals surface area contributed by atoms with Crippen LogP contribution in [0.1, 0.15) is 47.9 Å². The summed E-state index contributed by atoms with van der Waals surface area (Å²) >= 11 is 0. The highest BCUT2D eigenvalue weighted by Gasteiger charge is 2.24. The van der Waals surface area contributed by atoms with Gasteiger partial charge in [-0.25, -0.2) is 9.67 Å². The van der Waals surface area contributed by atoms with Crippen molar-refractivity contribution < 1.29 is 9.53 Å². The molecule has 3 heterocycles. The largest absolute Gasteiger partial charge is 0.378 e. The van der Waals surface area contributed by atoms with Crippen LogP contribution >= 0.6 is 0 Å². The minimum Gasteiger partial charge on any atom is -0.378 e. The van der Waals surface area contributed by atoms with E-state index >= 15 is 0 Å². The maximum atomic E-state index is 12.7. The molecule has 2 aromatic heterocycles. The molecule has 6 heteroatoms. The SMILES string of the molecule is CCCOC1CCN(C(=O)c2ccc(-n3nc(C)cc3C)nc2)CC1. The zero-order chi connectivity index (χ0) is 17.8. The molecule has 1 saturated heterocycles. The molecule has 25 heavy (non-hydrogen) atoms.